The molecule has 0 spiro atoms. The number of carbonyl (C=O) groups is 2. The van der Waals surface area contributed by atoms with Gasteiger partial charge in [-0.25, -0.2) is 9.78 Å². The van der Waals surface area contributed by atoms with Gasteiger partial charge in [0.2, 0.25) is 11.9 Å². The van der Waals surface area contributed by atoms with Gasteiger partial charge in [-0.3, -0.25) is 24.5 Å². The Hall–Kier alpha value is -3.53. The van der Waals surface area contributed by atoms with Gasteiger partial charge in [0.05, 0.1) is 25.1 Å². The Labute approximate surface area is 164 Å². The van der Waals surface area contributed by atoms with Crippen LogP contribution in [0.2, 0.25) is 0 Å². The van der Waals surface area contributed by atoms with Crippen LogP contribution in [0.4, 0.5) is 5.95 Å². The highest BCUT2D eigenvalue weighted by Crippen LogP contribution is 2.30. The Morgan fingerprint density at radius 3 is 2.90 bits per heavy atom. The van der Waals surface area contributed by atoms with Crippen molar-refractivity contribution in [2.24, 2.45) is 5.92 Å². The van der Waals surface area contributed by atoms with Gasteiger partial charge in [0.1, 0.15) is 6.23 Å². The van der Waals surface area contributed by atoms with Gasteiger partial charge >= 0.3 is 5.97 Å². The summed E-state index contributed by atoms with van der Waals surface area (Å²) in [6.07, 6.45) is 1.61. The minimum Gasteiger partial charge on any atom is -0.462 e. The minimum atomic E-state index is -0.432. The van der Waals surface area contributed by atoms with E-state index in [1.807, 2.05) is 6.07 Å². The number of nitrogens with zero attached hydrogens (tertiary/aromatic N) is 3. The van der Waals surface area contributed by atoms with Gasteiger partial charge in [0.25, 0.3) is 5.56 Å². The molecule has 1 amide bonds. The number of aromatic nitrogens is 4. The Balaban J connectivity index is 1.44. The molecule has 1 aromatic carbocycles. The molecule has 150 valence electrons. The first-order valence-electron chi connectivity index (χ1n) is 9.09. The molecule has 10 nitrogen and oxygen atoms in total. The average molecular weight is 397 g/mol. The summed E-state index contributed by atoms with van der Waals surface area (Å²) in [7, 11) is 0. The molecule has 4 rings (SSSR count). The van der Waals surface area contributed by atoms with Crippen molar-refractivity contribution in [1.82, 2.24) is 19.5 Å². The summed E-state index contributed by atoms with van der Waals surface area (Å²) < 4.78 is 12.8. The van der Waals surface area contributed by atoms with Crippen LogP contribution in [0.15, 0.2) is 41.5 Å². The molecule has 2 aromatic heterocycles. The molecule has 29 heavy (non-hydrogen) atoms. The molecular formula is C19H19N5O5. The zero-order chi connectivity index (χ0) is 20.4. The first-order chi connectivity index (χ1) is 14.0. The smallest absolute Gasteiger partial charge is 0.338 e. The van der Waals surface area contributed by atoms with Gasteiger partial charge in [-0.1, -0.05) is 18.2 Å². The third-order valence-corrected chi connectivity index (χ3v) is 4.56. The number of anilines is 1. The summed E-state index contributed by atoms with van der Waals surface area (Å²) in [5, 5.41) is 2.43. The lowest BCUT2D eigenvalue weighted by Crippen LogP contribution is -2.19. The maximum Gasteiger partial charge on any atom is 0.338 e. The van der Waals surface area contributed by atoms with Crippen LogP contribution in [0.25, 0.3) is 11.2 Å². The summed E-state index contributed by atoms with van der Waals surface area (Å²) in [5.41, 5.74) is 0.529. The van der Waals surface area contributed by atoms with Crippen molar-refractivity contribution in [2.75, 3.05) is 18.5 Å². The number of imidazole rings is 1. The van der Waals surface area contributed by atoms with Crippen LogP contribution < -0.4 is 10.9 Å². The average Bonchev–Trinajstić information content (AvgIpc) is 3.33. The molecule has 3 heterocycles. The van der Waals surface area contributed by atoms with Crippen LogP contribution in [-0.2, 0) is 14.3 Å². The van der Waals surface area contributed by atoms with Crippen LogP contribution in [0, 0.1) is 5.92 Å². The van der Waals surface area contributed by atoms with Crippen molar-refractivity contribution in [3.8, 4) is 0 Å². The molecule has 2 unspecified atom stereocenters. The molecule has 0 radical (unpaired) electrons. The van der Waals surface area contributed by atoms with Crippen molar-refractivity contribution in [3.05, 3.63) is 52.6 Å². The molecule has 1 fully saturated rings. The van der Waals surface area contributed by atoms with E-state index >= 15 is 0 Å². The van der Waals surface area contributed by atoms with E-state index in [0.29, 0.717) is 18.6 Å². The molecule has 2 atom stereocenters. The SMILES string of the molecule is CC(=O)Nc1nc2ncn(C3CC(COC(=O)c4ccccc4)CO3)c2c(=O)[nH]1. The predicted octanol–water partition coefficient (Wildman–Crippen LogP) is 1.47. The van der Waals surface area contributed by atoms with Crippen LogP contribution in [0.1, 0.15) is 29.9 Å². The second-order valence-electron chi connectivity index (χ2n) is 6.77. The van der Waals surface area contributed by atoms with Gasteiger partial charge < -0.3 is 9.47 Å². The second-order valence-corrected chi connectivity index (χ2v) is 6.77. The Morgan fingerprint density at radius 2 is 2.14 bits per heavy atom. The topological polar surface area (TPSA) is 128 Å². The van der Waals surface area contributed by atoms with E-state index in [1.165, 1.54) is 13.3 Å². The van der Waals surface area contributed by atoms with E-state index in [0.717, 1.165) is 0 Å². The van der Waals surface area contributed by atoms with E-state index in [4.69, 9.17) is 9.47 Å². The van der Waals surface area contributed by atoms with Gasteiger partial charge in [0.15, 0.2) is 11.2 Å². The predicted molar refractivity (Wildman–Crippen MR) is 102 cm³/mol. The molecule has 1 aliphatic rings. The number of hydrogen-bond acceptors (Lipinski definition) is 7. The fraction of sp³-hybridized carbons (Fsp3) is 0.316. The van der Waals surface area contributed by atoms with Crippen molar-refractivity contribution in [3.63, 3.8) is 0 Å². The number of ether oxygens (including phenoxy) is 2. The number of carbonyl (C=O) groups excluding carboxylic acids is 2. The monoisotopic (exact) mass is 397 g/mol. The number of benzene rings is 1. The third kappa shape index (κ3) is 4.02. The first kappa shape index (κ1) is 18.8. The fourth-order valence-corrected chi connectivity index (χ4v) is 3.23. The minimum absolute atomic E-state index is 0.00388. The number of rotatable bonds is 5. The summed E-state index contributed by atoms with van der Waals surface area (Å²) in [6, 6.07) is 8.78. The molecular weight excluding hydrogens is 378 g/mol. The van der Waals surface area contributed by atoms with Crippen LogP contribution in [-0.4, -0.2) is 44.6 Å². The standard InChI is InChI=1S/C19H19N5O5/c1-11(25)21-19-22-16-15(17(26)23-19)24(10-20-16)14-7-12(8-28-14)9-29-18(27)13-5-3-2-4-6-13/h2-6,10,12,14H,7-9H2,1H3,(H2,21,22,23,25,26). The van der Waals surface area contributed by atoms with E-state index in [-0.39, 0.29) is 41.5 Å². The molecule has 3 aromatic rings. The van der Waals surface area contributed by atoms with Crippen LogP contribution in [0.5, 0.6) is 0 Å². The van der Waals surface area contributed by atoms with Crippen molar-refractivity contribution < 1.29 is 19.1 Å². The molecule has 2 N–H and O–H groups in total. The number of H-pyrrole nitrogens is 1. The fourth-order valence-electron chi connectivity index (χ4n) is 3.23. The summed E-state index contributed by atoms with van der Waals surface area (Å²) in [5.74, 6) is -0.693. The largest absolute Gasteiger partial charge is 0.462 e. The summed E-state index contributed by atoms with van der Waals surface area (Å²) >= 11 is 0. The highest BCUT2D eigenvalue weighted by molar-refractivity contribution is 5.89. The number of fused-ring (bicyclic) bond motifs is 1. The lowest BCUT2D eigenvalue weighted by Gasteiger charge is -2.12. The number of nitrogens with one attached hydrogen (secondary N) is 2. The molecule has 10 heteroatoms. The number of aromatic amines is 1. The van der Waals surface area contributed by atoms with Gasteiger partial charge in [0, 0.05) is 19.3 Å². The molecule has 0 saturated carbocycles. The third-order valence-electron chi connectivity index (χ3n) is 4.56. The van der Waals surface area contributed by atoms with E-state index in [2.05, 4.69) is 20.3 Å². The van der Waals surface area contributed by atoms with E-state index in [9.17, 15) is 14.4 Å². The number of amides is 1. The normalized spacial score (nSPS) is 18.7. The second kappa shape index (κ2) is 7.84. The van der Waals surface area contributed by atoms with Crippen molar-refractivity contribution in [1.29, 1.82) is 0 Å². The summed E-state index contributed by atoms with van der Waals surface area (Å²) in [4.78, 5) is 46.5. The van der Waals surface area contributed by atoms with Gasteiger partial charge in [-0.2, -0.15) is 4.98 Å². The maximum absolute atomic E-state index is 12.4. The Kier molecular flexibility index (Phi) is 5.09. The number of hydrogen-bond donors (Lipinski definition) is 2. The number of esters is 1. The van der Waals surface area contributed by atoms with E-state index in [1.54, 1.807) is 28.8 Å². The summed E-state index contributed by atoms with van der Waals surface area (Å²) in [6.45, 7) is 1.93. The molecule has 0 bridgehead atoms. The highest BCUT2D eigenvalue weighted by Gasteiger charge is 2.30. The molecule has 1 aliphatic heterocycles. The zero-order valence-corrected chi connectivity index (χ0v) is 15.6. The van der Waals surface area contributed by atoms with Crippen molar-refractivity contribution >= 4 is 29.0 Å². The first-order valence-corrected chi connectivity index (χ1v) is 9.09. The quantitative estimate of drug-likeness (QED) is 0.624. The molecule has 0 aliphatic carbocycles. The Morgan fingerprint density at radius 1 is 1.34 bits per heavy atom. The maximum atomic E-state index is 12.4. The lowest BCUT2D eigenvalue weighted by atomic mass is 10.1. The van der Waals surface area contributed by atoms with Crippen molar-refractivity contribution in [2.45, 2.75) is 19.6 Å². The van der Waals surface area contributed by atoms with Crippen LogP contribution in [0.3, 0.4) is 0 Å². The van der Waals surface area contributed by atoms with Gasteiger partial charge in [-0.05, 0) is 12.1 Å². The van der Waals surface area contributed by atoms with Gasteiger partial charge in [-0.15, -0.1) is 0 Å². The molecule has 1 saturated heterocycles. The van der Waals surface area contributed by atoms with Crippen LogP contribution >= 0.6 is 0 Å². The Bertz CT molecular complexity index is 1110. The zero-order valence-electron chi connectivity index (χ0n) is 15.6. The van der Waals surface area contributed by atoms with E-state index < -0.39 is 11.8 Å². The highest BCUT2D eigenvalue weighted by atomic mass is 16.5. The lowest BCUT2D eigenvalue weighted by molar-refractivity contribution is -0.114.